The molecule has 5 nitrogen and oxygen atoms in total. The zero-order valence-corrected chi connectivity index (χ0v) is 16.3. The topological polar surface area (TPSA) is 40.2 Å². The van der Waals surface area contributed by atoms with Crippen molar-refractivity contribution in [3.05, 3.63) is 35.9 Å². The second-order valence-corrected chi connectivity index (χ2v) is 7.56. The van der Waals surface area contributed by atoms with Gasteiger partial charge in [0.25, 0.3) is 0 Å². The van der Waals surface area contributed by atoms with Gasteiger partial charge in [-0.25, -0.2) is 4.39 Å². The zero-order valence-electron chi connectivity index (χ0n) is 16.3. The lowest BCUT2D eigenvalue weighted by Gasteiger charge is -2.56. The first-order valence-corrected chi connectivity index (χ1v) is 9.18. The van der Waals surface area contributed by atoms with Gasteiger partial charge < -0.3 is 18.9 Å². The Morgan fingerprint density at radius 1 is 1.12 bits per heavy atom. The van der Waals surface area contributed by atoms with Crippen LogP contribution in [-0.4, -0.2) is 62.2 Å². The van der Waals surface area contributed by atoms with Gasteiger partial charge in [0, 0.05) is 39.8 Å². The Labute approximate surface area is 155 Å². The summed E-state index contributed by atoms with van der Waals surface area (Å²) >= 11 is 0. The van der Waals surface area contributed by atoms with E-state index in [0.29, 0.717) is 13.1 Å². The Kier molecular flexibility index (Phi) is 5.70. The van der Waals surface area contributed by atoms with E-state index in [1.54, 1.807) is 35.0 Å². The molecule has 0 aromatic heterocycles. The third-order valence-corrected chi connectivity index (χ3v) is 5.88. The van der Waals surface area contributed by atoms with Crippen molar-refractivity contribution in [3.63, 3.8) is 0 Å². The molecule has 2 heterocycles. The van der Waals surface area contributed by atoms with Crippen LogP contribution in [0.25, 0.3) is 0 Å². The van der Waals surface area contributed by atoms with Gasteiger partial charge in [0.1, 0.15) is 12.3 Å². The lowest BCUT2D eigenvalue weighted by atomic mass is 9.86. The highest BCUT2D eigenvalue weighted by atomic mass is 19.1. The van der Waals surface area contributed by atoms with Crippen LogP contribution in [-0.2, 0) is 25.5 Å². The van der Waals surface area contributed by atoms with E-state index in [9.17, 15) is 4.39 Å². The normalized spacial score (nSPS) is 39.4. The average Bonchev–Trinajstić information content (AvgIpc) is 2.63. The van der Waals surface area contributed by atoms with Gasteiger partial charge in [0.05, 0.1) is 6.10 Å². The van der Waals surface area contributed by atoms with Gasteiger partial charge in [-0.2, -0.15) is 0 Å². The number of alkyl halides is 1. The largest absolute Gasteiger partial charge is 0.349 e. The number of halogens is 1. The molecule has 2 fully saturated rings. The van der Waals surface area contributed by atoms with Crippen LogP contribution in [0.4, 0.5) is 4.39 Å². The molecule has 2 aliphatic heterocycles. The van der Waals surface area contributed by atoms with E-state index >= 15 is 0 Å². The molecule has 0 spiro atoms. The summed E-state index contributed by atoms with van der Waals surface area (Å²) in [6.07, 6.45) is -1.68. The van der Waals surface area contributed by atoms with E-state index in [1.165, 1.54) is 5.56 Å². The van der Waals surface area contributed by atoms with Gasteiger partial charge in [-0.05, 0) is 26.3 Å². The quantitative estimate of drug-likeness (QED) is 0.800. The molecular formula is C20H30FNO4. The molecule has 146 valence electrons. The Hall–Kier alpha value is -1.05. The minimum atomic E-state index is -1.10. The molecule has 6 heteroatoms. The van der Waals surface area contributed by atoms with Gasteiger partial charge >= 0.3 is 0 Å². The van der Waals surface area contributed by atoms with E-state index in [2.05, 4.69) is 17.0 Å². The summed E-state index contributed by atoms with van der Waals surface area (Å²) in [5.41, 5.74) is 1.20. The summed E-state index contributed by atoms with van der Waals surface area (Å²) in [4.78, 5) is 2.23. The molecule has 0 N–H and O–H groups in total. The number of ether oxygens (including phenoxy) is 4. The third-order valence-electron chi connectivity index (χ3n) is 5.88. The van der Waals surface area contributed by atoms with Gasteiger partial charge in [0.2, 0.25) is 11.6 Å². The van der Waals surface area contributed by atoms with E-state index in [1.807, 2.05) is 18.2 Å². The number of fused-ring (bicyclic) bond motifs is 1. The highest BCUT2D eigenvalue weighted by molar-refractivity contribution is 5.15. The zero-order chi connectivity index (χ0) is 18.9. The number of methoxy groups -OCH3 is 2. The first-order valence-electron chi connectivity index (χ1n) is 9.18. The second-order valence-electron chi connectivity index (χ2n) is 7.56. The number of hydrogen-bond donors (Lipinski definition) is 0. The maximum Gasteiger partial charge on any atom is 0.220 e. The molecule has 0 aliphatic carbocycles. The monoisotopic (exact) mass is 367 g/mol. The van der Waals surface area contributed by atoms with Crippen LogP contribution in [0, 0.1) is 5.92 Å². The van der Waals surface area contributed by atoms with Crippen LogP contribution in [0.15, 0.2) is 30.3 Å². The first-order chi connectivity index (χ1) is 12.3. The fraction of sp³-hybridized carbons (Fsp3) is 0.700. The second kappa shape index (κ2) is 7.52. The minimum absolute atomic E-state index is 0.288. The Balaban J connectivity index is 1.83. The van der Waals surface area contributed by atoms with Gasteiger partial charge in [-0.15, -0.1) is 0 Å². The minimum Gasteiger partial charge on any atom is -0.349 e. The van der Waals surface area contributed by atoms with Crippen LogP contribution in [0.3, 0.4) is 0 Å². The SMILES string of the molecule is CO[C@@]1(C)O[C@@H]2C([C@@H](C)F)CN(Cc3ccccc3)C[C@H]2O[C@]1(C)OC. The summed E-state index contributed by atoms with van der Waals surface area (Å²) in [5.74, 6) is -2.46. The summed E-state index contributed by atoms with van der Waals surface area (Å²) in [7, 11) is 3.13. The van der Waals surface area contributed by atoms with Crippen molar-refractivity contribution in [1.29, 1.82) is 0 Å². The molecule has 1 aromatic rings. The first kappa shape index (κ1) is 19.7. The molecule has 0 radical (unpaired) electrons. The van der Waals surface area contributed by atoms with Gasteiger partial charge in [-0.1, -0.05) is 30.3 Å². The summed E-state index contributed by atoms with van der Waals surface area (Å²) in [6.45, 7) is 7.19. The smallest absolute Gasteiger partial charge is 0.220 e. The van der Waals surface area contributed by atoms with Crippen molar-refractivity contribution >= 4 is 0 Å². The van der Waals surface area contributed by atoms with Gasteiger partial charge in [0.15, 0.2) is 0 Å². The van der Waals surface area contributed by atoms with Crippen molar-refractivity contribution in [2.75, 3.05) is 27.3 Å². The standard InChI is InChI=1S/C20H30FNO4/c1-14(21)16-12-22(11-15-9-7-6-8-10-15)13-17-18(16)26-20(3,24-5)19(2,23-4)25-17/h6-10,14,16-18H,11-13H2,1-5H3/t14-,16?,17-,18-,19+,20+/m1/s1. The summed E-state index contributed by atoms with van der Waals surface area (Å²) in [5, 5.41) is 0. The van der Waals surface area contributed by atoms with Crippen molar-refractivity contribution in [2.45, 2.75) is 57.3 Å². The lowest BCUT2D eigenvalue weighted by Crippen LogP contribution is -2.70. The van der Waals surface area contributed by atoms with E-state index in [4.69, 9.17) is 18.9 Å². The third kappa shape index (κ3) is 3.53. The van der Waals surface area contributed by atoms with E-state index < -0.39 is 17.7 Å². The molecule has 1 unspecified atom stereocenters. The number of hydrogen-bond acceptors (Lipinski definition) is 5. The molecule has 2 saturated heterocycles. The van der Waals surface area contributed by atoms with E-state index in [0.717, 1.165) is 6.54 Å². The number of benzene rings is 1. The molecule has 26 heavy (non-hydrogen) atoms. The van der Waals surface area contributed by atoms with Crippen LogP contribution >= 0.6 is 0 Å². The highest BCUT2D eigenvalue weighted by Gasteiger charge is 2.59. The molecule has 0 amide bonds. The molecule has 6 atom stereocenters. The molecule has 0 bridgehead atoms. The summed E-state index contributed by atoms with van der Waals surface area (Å²) < 4.78 is 38.2. The Bertz CT molecular complexity index is 601. The van der Waals surface area contributed by atoms with Crippen molar-refractivity contribution < 1.29 is 23.3 Å². The van der Waals surface area contributed by atoms with E-state index in [-0.39, 0.29) is 18.1 Å². The number of nitrogens with zero attached hydrogens (tertiary/aromatic N) is 1. The molecular weight excluding hydrogens is 337 g/mol. The molecule has 0 saturated carbocycles. The lowest BCUT2D eigenvalue weighted by molar-refractivity contribution is -0.458. The number of rotatable bonds is 5. The molecule has 1 aromatic carbocycles. The maximum atomic E-state index is 14.5. The van der Waals surface area contributed by atoms with Crippen LogP contribution in [0.5, 0.6) is 0 Å². The van der Waals surface area contributed by atoms with Crippen LogP contribution in [0.2, 0.25) is 0 Å². The van der Waals surface area contributed by atoms with Crippen LogP contribution < -0.4 is 0 Å². The predicted molar refractivity (Wildman–Crippen MR) is 96.4 cm³/mol. The van der Waals surface area contributed by atoms with Gasteiger partial charge in [-0.3, -0.25) is 4.90 Å². The Morgan fingerprint density at radius 2 is 1.73 bits per heavy atom. The average molecular weight is 367 g/mol. The summed E-state index contributed by atoms with van der Waals surface area (Å²) in [6, 6.07) is 10.2. The van der Waals surface area contributed by atoms with Crippen LogP contribution in [0.1, 0.15) is 26.3 Å². The number of likely N-dealkylation sites (tertiary alicyclic amines) is 1. The number of piperidine rings is 1. The fourth-order valence-electron chi connectivity index (χ4n) is 3.99. The maximum absolute atomic E-state index is 14.5. The highest BCUT2D eigenvalue weighted by Crippen LogP contribution is 2.43. The Morgan fingerprint density at radius 3 is 2.31 bits per heavy atom. The fourth-order valence-corrected chi connectivity index (χ4v) is 3.99. The predicted octanol–water partition coefficient (Wildman–Crippen LogP) is 2.99. The molecule has 2 aliphatic rings. The van der Waals surface area contributed by atoms with Crippen molar-refractivity contribution in [2.24, 2.45) is 5.92 Å². The van der Waals surface area contributed by atoms with Crippen molar-refractivity contribution in [1.82, 2.24) is 4.90 Å². The molecule has 3 rings (SSSR count). The van der Waals surface area contributed by atoms with Crippen molar-refractivity contribution in [3.8, 4) is 0 Å².